The SMILES string of the molecule is COc1cccc(CCC(=O)N2CCN(c3ccccn3)CC2)c1. The van der Waals surface area contributed by atoms with Gasteiger partial charge in [0.2, 0.25) is 5.91 Å². The number of hydrogen-bond acceptors (Lipinski definition) is 4. The Bertz CT molecular complexity index is 667. The van der Waals surface area contributed by atoms with Crippen molar-refractivity contribution in [1.82, 2.24) is 9.88 Å². The maximum absolute atomic E-state index is 12.4. The topological polar surface area (TPSA) is 45.7 Å². The summed E-state index contributed by atoms with van der Waals surface area (Å²) in [5.41, 5.74) is 1.13. The van der Waals surface area contributed by atoms with Crippen LogP contribution in [-0.4, -0.2) is 49.1 Å². The normalized spacial score (nSPS) is 14.5. The first-order valence-corrected chi connectivity index (χ1v) is 8.33. The van der Waals surface area contributed by atoms with Gasteiger partial charge in [0.1, 0.15) is 11.6 Å². The Kier molecular flexibility index (Phi) is 5.31. The molecule has 1 aromatic carbocycles. The van der Waals surface area contributed by atoms with Crippen LogP contribution in [0.4, 0.5) is 5.82 Å². The second-order valence-electron chi connectivity index (χ2n) is 5.91. The van der Waals surface area contributed by atoms with Gasteiger partial charge in [-0.25, -0.2) is 4.98 Å². The summed E-state index contributed by atoms with van der Waals surface area (Å²) in [4.78, 5) is 21.0. The summed E-state index contributed by atoms with van der Waals surface area (Å²) in [5, 5.41) is 0. The van der Waals surface area contributed by atoms with Crippen molar-refractivity contribution in [3.8, 4) is 5.75 Å². The van der Waals surface area contributed by atoms with Crippen LogP contribution in [0.3, 0.4) is 0 Å². The maximum Gasteiger partial charge on any atom is 0.223 e. The van der Waals surface area contributed by atoms with Crippen LogP contribution >= 0.6 is 0 Å². The van der Waals surface area contributed by atoms with Crippen LogP contribution in [0.1, 0.15) is 12.0 Å². The van der Waals surface area contributed by atoms with Gasteiger partial charge >= 0.3 is 0 Å². The molecule has 5 nitrogen and oxygen atoms in total. The van der Waals surface area contributed by atoms with Gasteiger partial charge in [0.15, 0.2) is 0 Å². The van der Waals surface area contributed by atoms with Crippen molar-refractivity contribution in [1.29, 1.82) is 0 Å². The van der Waals surface area contributed by atoms with E-state index >= 15 is 0 Å². The minimum Gasteiger partial charge on any atom is -0.497 e. The Labute approximate surface area is 142 Å². The molecule has 2 heterocycles. The summed E-state index contributed by atoms with van der Waals surface area (Å²) >= 11 is 0. The molecular weight excluding hydrogens is 302 g/mol. The number of nitrogens with zero attached hydrogens (tertiary/aromatic N) is 3. The first-order chi connectivity index (χ1) is 11.8. The molecule has 3 rings (SSSR count). The number of carbonyl (C=O) groups excluding carboxylic acids is 1. The number of amides is 1. The Balaban J connectivity index is 1.48. The number of anilines is 1. The number of benzene rings is 1. The van der Waals surface area contributed by atoms with E-state index in [0.717, 1.165) is 49.7 Å². The van der Waals surface area contributed by atoms with Crippen LogP contribution in [0, 0.1) is 0 Å². The number of pyridine rings is 1. The third-order valence-corrected chi connectivity index (χ3v) is 4.37. The van der Waals surface area contributed by atoms with Crippen molar-refractivity contribution < 1.29 is 9.53 Å². The molecule has 0 radical (unpaired) electrons. The fourth-order valence-corrected chi connectivity index (χ4v) is 2.96. The molecule has 0 atom stereocenters. The standard InChI is InChI=1S/C19H23N3O2/c1-24-17-6-4-5-16(15-17)8-9-19(23)22-13-11-21(12-14-22)18-7-2-3-10-20-18/h2-7,10,15H,8-9,11-14H2,1H3. The highest BCUT2D eigenvalue weighted by atomic mass is 16.5. The van der Waals surface area contributed by atoms with E-state index in [9.17, 15) is 4.79 Å². The number of methoxy groups -OCH3 is 1. The van der Waals surface area contributed by atoms with Crippen LogP contribution in [0.25, 0.3) is 0 Å². The lowest BCUT2D eigenvalue weighted by Crippen LogP contribution is -2.49. The van der Waals surface area contributed by atoms with Gasteiger partial charge in [-0.2, -0.15) is 0 Å². The third-order valence-electron chi connectivity index (χ3n) is 4.37. The monoisotopic (exact) mass is 325 g/mol. The number of aromatic nitrogens is 1. The van der Waals surface area contributed by atoms with Crippen molar-refractivity contribution in [2.75, 3.05) is 38.2 Å². The third kappa shape index (κ3) is 4.04. The van der Waals surface area contributed by atoms with Crippen molar-refractivity contribution in [3.05, 3.63) is 54.2 Å². The summed E-state index contributed by atoms with van der Waals surface area (Å²) in [7, 11) is 1.66. The maximum atomic E-state index is 12.4. The highest BCUT2D eigenvalue weighted by Gasteiger charge is 2.21. The molecule has 2 aromatic rings. The summed E-state index contributed by atoms with van der Waals surface area (Å²) in [6.07, 6.45) is 3.09. The predicted octanol–water partition coefficient (Wildman–Crippen LogP) is 2.37. The van der Waals surface area contributed by atoms with Crippen LogP contribution < -0.4 is 9.64 Å². The van der Waals surface area contributed by atoms with Crippen molar-refractivity contribution in [2.45, 2.75) is 12.8 Å². The number of carbonyl (C=O) groups is 1. The number of hydrogen-bond donors (Lipinski definition) is 0. The fourth-order valence-electron chi connectivity index (χ4n) is 2.96. The van der Waals surface area contributed by atoms with Gasteiger partial charge in [0.05, 0.1) is 7.11 Å². The molecule has 1 aliphatic rings. The lowest BCUT2D eigenvalue weighted by Gasteiger charge is -2.35. The van der Waals surface area contributed by atoms with Gasteiger partial charge in [-0.3, -0.25) is 4.79 Å². The molecule has 0 aliphatic carbocycles. The predicted molar refractivity (Wildman–Crippen MR) is 94.3 cm³/mol. The van der Waals surface area contributed by atoms with Crippen LogP contribution in [-0.2, 0) is 11.2 Å². The number of ether oxygens (including phenoxy) is 1. The first kappa shape index (κ1) is 16.3. The van der Waals surface area contributed by atoms with Crippen LogP contribution in [0.15, 0.2) is 48.7 Å². The summed E-state index contributed by atoms with van der Waals surface area (Å²) in [5.74, 6) is 2.04. The highest BCUT2D eigenvalue weighted by molar-refractivity contribution is 5.76. The van der Waals surface area contributed by atoms with E-state index in [-0.39, 0.29) is 5.91 Å². The van der Waals surface area contributed by atoms with E-state index in [1.54, 1.807) is 13.3 Å². The largest absolute Gasteiger partial charge is 0.497 e. The smallest absolute Gasteiger partial charge is 0.223 e. The molecule has 1 saturated heterocycles. The van der Waals surface area contributed by atoms with E-state index in [4.69, 9.17) is 4.74 Å². The lowest BCUT2D eigenvalue weighted by atomic mass is 10.1. The van der Waals surface area contributed by atoms with Crippen molar-refractivity contribution >= 4 is 11.7 Å². The second-order valence-corrected chi connectivity index (χ2v) is 5.91. The quantitative estimate of drug-likeness (QED) is 0.847. The minimum absolute atomic E-state index is 0.221. The fraction of sp³-hybridized carbons (Fsp3) is 0.368. The minimum atomic E-state index is 0.221. The molecule has 1 amide bonds. The molecular formula is C19H23N3O2. The van der Waals surface area contributed by atoms with E-state index < -0.39 is 0 Å². The zero-order chi connectivity index (χ0) is 16.8. The molecule has 1 aliphatic heterocycles. The van der Waals surface area contributed by atoms with E-state index in [1.807, 2.05) is 47.4 Å². The average molecular weight is 325 g/mol. The molecule has 1 aromatic heterocycles. The van der Waals surface area contributed by atoms with Gasteiger partial charge in [-0.1, -0.05) is 18.2 Å². The molecule has 126 valence electrons. The second kappa shape index (κ2) is 7.81. The molecule has 24 heavy (non-hydrogen) atoms. The Morgan fingerprint density at radius 3 is 2.67 bits per heavy atom. The van der Waals surface area contributed by atoms with Crippen molar-refractivity contribution in [2.24, 2.45) is 0 Å². The zero-order valence-corrected chi connectivity index (χ0v) is 14.0. The van der Waals surface area contributed by atoms with Gasteiger partial charge in [0, 0.05) is 38.8 Å². The van der Waals surface area contributed by atoms with E-state index in [2.05, 4.69) is 9.88 Å². The first-order valence-electron chi connectivity index (χ1n) is 8.33. The molecule has 0 unspecified atom stereocenters. The van der Waals surface area contributed by atoms with Gasteiger partial charge in [-0.05, 0) is 36.2 Å². The van der Waals surface area contributed by atoms with Gasteiger partial charge < -0.3 is 14.5 Å². The van der Waals surface area contributed by atoms with E-state index in [1.165, 1.54) is 0 Å². The number of aryl methyl sites for hydroxylation is 1. The molecule has 0 spiro atoms. The molecule has 0 bridgehead atoms. The lowest BCUT2D eigenvalue weighted by molar-refractivity contribution is -0.131. The van der Waals surface area contributed by atoms with Crippen LogP contribution in [0.2, 0.25) is 0 Å². The van der Waals surface area contributed by atoms with Crippen molar-refractivity contribution in [3.63, 3.8) is 0 Å². The zero-order valence-electron chi connectivity index (χ0n) is 14.0. The Morgan fingerprint density at radius 2 is 1.96 bits per heavy atom. The number of piperazine rings is 1. The molecule has 1 fully saturated rings. The summed E-state index contributed by atoms with van der Waals surface area (Å²) in [6.45, 7) is 3.19. The molecule has 0 N–H and O–H groups in total. The van der Waals surface area contributed by atoms with Gasteiger partial charge in [0.25, 0.3) is 0 Å². The Morgan fingerprint density at radius 1 is 1.12 bits per heavy atom. The molecule has 5 heteroatoms. The van der Waals surface area contributed by atoms with E-state index in [0.29, 0.717) is 6.42 Å². The average Bonchev–Trinajstić information content (AvgIpc) is 2.67. The Hall–Kier alpha value is -2.56. The summed E-state index contributed by atoms with van der Waals surface area (Å²) < 4.78 is 5.23. The van der Waals surface area contributed by atoms with Gasteiger partial charge in [-0.15, -0.1) is 0 Å². The highest BCUT2D eigenvalue weighted by Crippen LogP contribution is 2.16. The number of rotatable bonds is 5. The summed E-state index contributed by atoms with van der Waals surface area (Å²) in [6, 6.07) is 13.8. The van der Waals surface area contributed by atoms with Crippen LogP contribution in [0.5, 0.6) is 5.75 Å². The molecule has 0 saturated carbocycles.